The van der Waals surface area contributed by atoms with Gasteiger partial charge in [-0.15, -0.1) is 7.05 Å². The fraction of sp³-hybridized carbons (Fsp3) is 0.750. The van der Waals surface area contributed by atoms with Crippen molar-refractivity contribution in [2.75, 3.05) is 0 Å². The van der Waals surface area contributed by atoms with Crippen molar-refractivity contribution in [1.82, 2.24) is 0 Å². The van der Waals surface area contributed by atoms with E-state index >= 15 is 0 Å². The maximum absolute atomic E-state index is 11.0. The van der Waals surface area contributed by atoms with Gasteiger partial charge >= 0.3 is 0 Å². The van der Waals surface area contributed by atoms with E-state index in [9.17, 15) is 4.79 Å². The van der Waals surface area contributed by atoms with Crippen LogP contribution in [-0.2, 0) is 4.79 Å². The molecule has 0 spiro atoms. The third-order valence-corrected chi connectivity index (χ3v) is 2.21. The van der Waals surface area contributed by atoms with E-state index in [0.29, 0.717) is 5.92 Å². The zero-order valence-electron chi connectivity index (χ0n) is 6.31. The summed E-state index contributed by atoms with van der Waals surface area (Å²) in [6.45, 7) is 0. The number of hydrogen-bond donors (Lipinski definition) is 1. The number of quaternary nitrogens is 1. The molecule has 58 valence electrons. The first-order valence-electron chi connectivity index (χ1n) is 4.01. The molecule has 2 nitrogen and oxygen atoms in total. The summed E-state index contributed by atoms with van der Waals surface area (Å²) in [6.07, 6.45) is 5.94. The third-order valence-electron chi connectivity index (χ3n) is 2.21. The molecule has 1 aliphatic carbocycles. The van der Waals surface area contributed by atoms with Crippen molar-refractivity contribution in [3.05, 3.63) is 7.05 Å². The molecule has 1 saturated carbocycles. The molecule has 0 aromatic carbocycles. The van der Waals surface area contributed by atoms with Gasteiger partial charge in [-0.05, 0) is 12.8 Å². The van der Waals surface area contributed by atoms with Gasteiger partial charge in [0.15, 0.2) is 0 Å². The summed E-state index contributed by atoms with van der Waals surface area (Å²) < 4.78 is 0. The minimum atomic E-state index is 0.250. The first-order chi connectivity index (χ1) is 4.84. The molecule has 0 atom stereocenters. The monoisotopic (exact) mass is 141 g/mol. The summed E-state index contributed by atoms with van der Waals surface area (Å²) in [7, 11) is 3.49. The van der Waals surface area contributed by atoms with Crippen LogP contribution < -0.4 is 5.32 Å². The summed E-state index contributed by atoms with van der Waals surface area (Å²) in [5, 5.41) is 1.47. The number of hydrogen-bond acceptors (Lipinski definition) is 1. The average molecular weight is 141 g/mol. The van der Waals surface area contributed by atoms with Crippen LogP contribution in [0.3, 0.4) is 0 Å². The molecule has 0 unspecified atom stereocenters. The molecule has 1 amide bonds. The van der Waals surface area contributed by atoms with Crippen LogP contribution in [0.1, 0.15) is 32.1 Å². The molecule has 0 heterocycles. The molecular weight excluding hydrogens is 126 g/mol. The van der Waals surface area contributed by atoms with E-state index in [1.165, 1.54) is 24.6 Å². The van der Waals surface area contributed by atoms with Crippen LogP contribution in [-0.4, -0.2) is 5.91 Å². The first-order valence-corrected chi connectivity index (χ1v) is 4.01. The van der Waals surface area contributed by atoms with Crippen LogP contribution >= 0.6 is 0 Å². The van der Waals surface area contributed by atoms with E-state index in [1.54, 1.807) is 0 Å². The van der Waals surface area contributed by atoms with Gasteiger partial charge in [0.05, 0.1) is 5.92 Å². The Morgan fingerprint density at radius 2 is 1.90 bits per heavy atom. The number of carbonyl (C=O) groups is 1. The van der Waals surface area contributed by atoms with Gasteiger partial charge in [-0.2, -0.15) is 0 Å². The molecule has 2 N–H and O–H groups in total. The average Bonchev–Trinajstić information content (AvgIpc) is 2.05. The minimum Gasteiger partial charge on any atom is -0.415 e. The lowest BCUT2D eigenvalue weighted by molar-refractivity contribution is -0.511. The van der Waals surface area contributed by atoms with Crippen molar-refractivity contribution in [2.45, 2.75) is 32.1 Å². The van der Waals surface area contributed by atoms with E-state index in [2.05, 4.69) is 7.05 Å². The topological polar surface area (TPSA) is 33.7 Å². The number of amides is 1. The number of rotatable bonds is 1. The maximum Gasteiger partial charge on any atom is 0.287 e. The number of carbonyl (C=O) groups excluding carboxylic acids is 1. The van der Waals surface area contributed by atoms with Crippen molar-refractivity contribution in [3.8, 4) is 0 Å². The Hall–Kier alpha value is -0.370. The number of primary amides is 1. The van der Waals surface area contributed by atoms with E-state index < -0.39 is 0 Å². The zero-order chi connectivity index (χ0) is 7.40. The van der Waals surface area contributed by atoms with Gasteiger partial charge in [-0.3, -0.25) is 0 Å². The molecular formula is C8H15NO. The summed E-state index contributed by atoms with van der Waals surface area (Å²) in [6, 6.07) is 0. The summed E-state index contributed by atoms with van der Waals surface area (Å²) >= 11 is 0. The van der Waals surface area contributed by atoms with E-state index in [4.69, 9.17) is 0 Å². The highest BCUT2D eigenvalue weighted by Crippen LogP contribution is 2.22. The van der Waals surface area contributed by atoms with Crippen molar-refractivity contribution in [2.24, 2.45) is 5.92 Å². The second-order valence-corrected chi connectivity index (χ2v) is 2.94. The second kappa shape index (κ2) is 3.71. The smallest absolute Gasteiger partial charge is 0.287 e. The van der Waals surface area contributed by atoms with E-state index in [0.717, 1.165) is 12.8 Å². The molecule has 10 heavy (non-hydrogen) atoms. The first kappa shape index (κ1) is 7.73. The molecule has 0 aliphatic heterocycles. The molecule has 0 radical (unpaired) electrons. The molecule has 1 fully saturated rings. The standard InChI is InChI=1S/C8H15NO/c1-9-8(10)7-5-3-2-4-6-7/h7H,1-6,9H2. The van der Waals surface area contributed by atoms with Gasteiger partial charge in [0.1, 0.15) is 0 Å². The van der Waals surface area contributed by atoms with Gasteiger partial charge in [0.25, 0.3) is 5.91 Å². The highest BCUT2D eigenvalue weighted by Gasteiger charge is 2.21. The number of nitrogens with two attached hydrogens (primary N) is 1. The van der Waals surface area contributed by atoms with Gasteiger partial charge in [-0.25, -0.2) is 4.79 Å². The summed E-state index contributed by atoms with van der Waals surface area (Å²) in [4.78, 5) is 11.0. The molecule has 0 aromatic heterocycles. The second-order valence-electron chi connectivity index (χ2n) is 2.94. The fourth-order valence-electron chi connectivity index (χ4n) is 1.55. The van der Waals surface area contributed by atoms with E-state index in [-0.39, 0.29) is 5.91 Å². The van der Waals surface area contributed by atoms with Crippen LogP contribution in [0.15, 0.2) is 0 Å². The molecule has 1 rings (SSSR count). The van der Waals surface area contributed by atoms with Crippen LogP contribution in [0.4, 0.5) is 0 Å². The lowest BCUT2D eigenvalue weighted by Crippen LogP contribution is -2.83. The Kier molecular flexibility index (Phi) is 2.87. The normalized spacial score (nSPS) is 20.9. The highest BCUT2D eigenvalue weighted by molar-refractivity contribution is 5.68. The van der Waals surface area contributed by atoms with Crippen molar-refractivity contribution in [3.63, 3.8) is 0 Å². The van der Waals surface area contributed by atoms with Crippen LogP contribution in [0.2, 0.25) is 0 Å². The van der Waals surface area contributed by atoms with Gasteiger partial charge < -0.3 is 5.32 Å². The van der Waals surface area contributed by atoms with Crippen LogP contribution in [0.25, 0.3) is 0 Å². The Morgan fingerprint density at radius 1 is 1.30 bits per heavy atom. The predicted molar refractivity (Wildman–Crippen MR) is 38.9 cm³/mol. The molecule has 0 bridgehead atoms. The highest BCUT2D eigenvalue weighted by atomic mass is 16.1. The summed E-state index contributed by atoms with van der Waals surface area (Å²) in [5.74, 6) is 0.561. The van der Waals surface area contributed by atoms with Crippen molar-refractivity contribution < 1.29 is 10.1 Å². The quantitative estimate of drug-likeness (QED) is 0.528. The van der Waals surface area contributed by atoms with Gasteiger partial charge in [0, 0.05) is 0 Å². The zero-order valence-corrected chi connectivity index (χ0v) is 6.31. The lowest BCUT2D eigenvalue weighted by atomic mass is 9.89. The maximum atomic E-state index is 11.0. The van der Waals surface area contributed by atoms with Gasteiger partial charge in [0.2, 0.25) is 0 Å². The molecule has 0 saturated heterocycles. The fourth-order valence-corrected chi connectivity index (χ4v) is 1.55. The molecule has 0 aromatic rings. The lowest BCUT2D eigenvalue weighted by Gasteiger charge is -2.18. The van der Waals surface area contributed by atoms with Crippen molar-refractivity contribution >= 4 is 5.91 Å². The molecule has 1 aliphatic rings. The molecule has 2 heteroatoms. The van der Waals surface area contributed by atoms with E-state index in [1.807, 2.05) is 0 Å². The largest absolute Gasteiger partial charge is 0.415 e. The Morgan fingerprint density at radius 3 is 2.40 bits per heavy atom. The Balaban J connectivity index is 2.31. The van der Waals surface area contributed by atoms with Gasteiger partial charge in [-0.1, -0.05) is 19.3 Å². The third kappa shape index (κ3) is 1.81. The van der Waals surface area contributed by atoms with Crippen molar-refractivity contribution in [1.29, 1.82) is 0 Å². The predicted octanol–water partition coefficient (Wildman–Crippen LogP) is 0.448. The SMILES string of the molecule is [CH2-][NH2+]C(=O)C1CCCCC1. The Labute approximate surface area is 62.0 Å². The van der Waals surface area contributed by atoms with Crippen LogP contribution in [0, 0.1) is 13.0 Å². The van der Waals surface area contributed by atoms with Crippen LogP contribution in [0.5, 0.6) is 0 Å². The summed E-state index contributed by atoms with van der Waals surface area (Å²) in [5.41, 5.74) is 0. The minimum absolute atomic E-state index is 0.250. The Bertz CT molecular complexity index is 116.